The third kappa shape index (κ3) is 2.92. The molecule has 1 unspecified atom stereocenters. The van der Waals surface area contributed by atoms with Crippen molar-refractivity contribution in [1.29, 1.82) is 0 Å². The lowest BCUT2D eigenvalue weighted by Crippen LogP contribution is -2.07. The number of rotatable bonds is 4. The first kappa shape index (κ1) is 14.0. The van der Waals surface area contributed by atoms with Crippen LogP contribution in [0.5, 0.6) is 11.6 Å². The van der Waals surface area contributed by atoms with Crippen molar-refractivity contribution in [2.45, 2.75) is 19.9 Å². The second kappa shape index (κ2) is 5.66. The minimum atomic E-state index is -0.461. The molecule has 2 rings (SSSR count). The van der Waals surface area contributed by atoms with Crippen LogP contribution in [-0.4, -0.2) is 9.91 Å². The second-order valence-corrected chi connectivity index (χ2v) is 4.50. The number of nitrogens with two attached hydrogens (primary N) is 1. The largest absolute Gasteiger partial charge is 0.438 e. The summed E-state index contributed by atoms with van der Waals surface area (Å²) in [6.45, 7) is 3.64. The number of pyridine rings is 1. The quantitative estimate of drug-likeness (QED) is 0.682. The van der Waals surface area contributed by atoms with Gasteiger partial charge in [-0.1, -0.05) is 6.07 Å². The molecule has 0 saturated heterocycles. The topological polar surface area (TPSA) is 91.3 Å². The van der Waals surface area contributed by atoms with Gasteiger partial charge in [0.15, 0.2) is 0 Å². The standard InChI is InChI=1S/C14H15N3O3/c1-9-5-6-11(17(18)19)8-13(9)20-14-12(10(2)15)4-3-7-16-14/h3-8,10H,15H2,1-2H3. The summed E-state index contributed by atoms with van der Waals surface area (Å²) >= 11 is 0. The highest BCUT2D eigenvalue weighted by Gasteiger charge is 2.14. The van der Waals surface area contributed by atoms with Crippen molar-refractivity contribution in [2.75, 3.05) is 0 Å². The van der Waals surface area contributed by atoms with Crippen LogP contribution in [0.2, 0.25) is 0 Å². The van der Waals surface area contributed by atoms with E-state index >= 15 is 0 Å². The first-order chi connectivity index (χ1) is 9.49. The minimum Gasteiger partial charge on any atom is -0.438 e. The van der Waals surface area contributed by atoms with Gasteiger partial charge in [0.25, 0.3) is 5.69 Å². The molecular formula is C14H15N3O3. The fraction of sp³-hybridized carbons (Fsp3) is 0.214. The summed E-state index contributed by atoms with van der Waals surface area (Å²) in [6.07, 6.45) is 1.59. The predicted octanol–water partition coefficient (Wildman–Crippen LogP) is 3.11. The van der Waals surface area contributed by atoms with Gasteiger partial charge in [-0.3, -0.25) is 10.1 Å². The zero-order valence-corrected chi connectivity index (χ0v) is 11.2. The molecule has 0 aliphatic rings. The lowest BCUT2D eigenvalue weighted by molar-refractivity contribution is -0.384. The third-order valence-electron chi connectivity index (χ3n) is 2.88. The number of hydrogen-bond acceptors (Lipinski definition) is 5. The van der Waals surface area contributed by atoms with Gasteiger partial charge in [-0.15, -0.1) is 0 Å². The fourth-order valence-electron chi connectivity index (χ4n) is 1.75. The minimum absolute atomic E-state index is 0.0242. The Hall–Kier alpha value is -2.47. The lowest BCUT2D eigenvalue weighted by Gasteiger charge is -2.13. The first-order valence-corrected chi connectivity index (χ1v) is 6.12. The van der Waals surface area contributed by atoms with E-state index < -0.39 is 4.92 Å². The molecule has 6 nitrogen and oxygen atoms in total. The van der Waals surface area contributed by atoms with Gasteiger partial charge < -0.3 is 10.5 Å². The molecule has 1 atom stereocenters. The van der Waals surface area contributed by atoms with Crippen LogP contribution in [0.25, 0.3) is 0 Å². The Kier molecular flexibility index (Phi) is 3.95. The second-order valence-electron chi connectivity index (χ2n) is 4.50. The predicted molar refractivity (Wildman–Crippen MR) is 74.7 cm³/mol. The van der Waals surface area contributed by atoms with Gasteiger partial charge in [0.2, 0.25) is 5.88 Å². The number of nitro groups is 1. The molecule has 104 valence electrons. The van der Waals surface area contributed by atoms with Gasteiger partial charge in [-0.25, -0.2) is 4.98 Å². The molecule has 1 aromatic carbocycles. The van der Waals surface area contributed by atoms with Crippen molar-refractivity contribution in [3.8, 4) is 11.6 Å². The van der Waals surface area contributed by atoms with Crippen molar-refractivity contribution in [1.82, 2.24) is 4.98 Å². The van der Waals surface area contributed by atoms with E-state index in [2.05, 4.69) is 4.98 Å². The van der Waals surface area contributed by atoms with Crippen molar-refractivity contribution < 1.29 is 9.66 Å². The van der Waals surface area contributed by atoms with Crippen molar-refractivity contribution in [3.63, 3.8) is 0 Å². The maximum absolute atomic E-state index is 10.8. The molecule has 0 bridgehead atoms. The Morgan fingerprint density at radius 1 is 1.40 bits per heavy atom. The van der Waals surface area contributed by atoms with E-state index in [4.69, 9.17) is 10.5 Å². The normalized spacial score (nSPS) is 11.9. The van der Waals surface area contributed by atoms with Gasteiger partial charge in [-0.05, 0) is 31.5 Å². The van der Waals surface area contributed by atoms with Crippen molar-refractivity contribution >= 4 is 5.69 Å². The summed E-state index contributed by atoms with van der Waals surface area (Å²) in [4.78, 5) is 14.5. The van der Waals surface area contributed by atoms with E-state index in [1.165, 1.54) is 12.1 Å². The van der Waals surface area contributed by atoms with Crippen LogP contribution in [0.15, 0.2) is 36.5 Å². The summed E-state index contributed by atoms with van der Waals surface area (Å²) < 4.78 is 5.70. The Morgan fingerprint density at radius 3 is 2.80 bits per heavy atom. The van der Waals surface area contributed by atoms with E-state index in [0.717, 1.165) is 11.1 Å². The molecule has 1 aromatic heterocycles. The van der Waals surface area contributed by atoms with Crippen LogP contribution in [0, 0.1) is 17.0 Å². The maximum Gasteiger partial charge on any atom is 0.273 e. The average Bonchev–Trinajstić information content (AvgIpc) is 2.41. The molecule has 0 fully saturated rings. The molecule has 0 saturated carbocycles. The molecule has 0 spiro atoms. The molecule has 1 heterocycles. The number of aryl methyl sites for hydroxylation is 1. The number of benzene rings is 1. The van der Waals surface area contributed by atoms with E-state index in [0.29, 0.717) is 11.6 Å². The van der Waals surface area contributed by atoms with Crippen molar-refractivity contribution in [2.24, 2.45) is 5.73 Å². The van der Waals surface area contributed by atoms with Gasteiger partial charge >= 0.3 is 0 Å². The number of nitrogens with zero attached hydrogens (tertiary/aromatic N) is 2. The van der Waals surface area contributed by atoms with E-state index in [1.807, 2.05) is 19.9 Å². The summed E-state index contributed by atoms with van der Waals surface area (Å²) in [5.41, 5.74) is 7.37. The van der Waals surface area contributed by atoms with Crippen LogP contribution >= 0.6 is 0 Å². The molecule has 0 radical (unpaired) electrons. The summed E-state index contributed by atoms with van der Waals surface area (Å²) in [6, 6.07) is 7.81. The molecule has 20 heavy (non-hydrogen) atoms. The summed E-state index contributed by atoms with van der Waals surface area (Å²) in [7, 11) is 0. The number of hydrogen-bond donors (Lipinski definition) is 1. The molecule has 6 heteroatoms. The Bertz CT molecular complexity index is 641. The summed E-state index contributed by atoms with van der Waals surface area (Å²) in [5, 5.41) is 10.8. The zero-order valence-electron chi connectivity index (χ0n) is 11.2. The molecule has 0 amide bonds. The van der Waals surface area contributed by atoms with Gasteiger partial charge in [0, 0.05) is 23.9 Å². The number of ether oxygens (including phenoxy) is 1. The van der Waals surface area contributed by atoms with Gasteiger partial charge in [0.05, 0.1) is 11.0 Å². The zero-order chi connectivity index (χ0) is 14.7. The molecule has 2 N–H and O–H groups in total. The highest BCUT2D eigenvalue weighted by molar-refractivity contribution is 5.46. The molecule has 2 aromatic rings. The van der Waals surface area contributed by atoms with E-state index in [1.54, 1.807) is 18.3 Å². The third-order valence-corrected chi connectivity index (χ3v) is 2.88. The van der Waals surface area contributed by atoms with Crippen LogP contribution in [0.3, 0.4) is 0 Å². The Morgan fingerprint density at radius 2 is 2.15 bits per heavy atom. The monoisotopic (exact) mass is 273 g/mol. The molecular weight excluding hydrogens is 258 g/mol. The lowest BCUT2D eigenvalue weighted by atomic mass is 10.1. The first-order valence-electron chi connectivity index (χ1n) is 6.12. The number of nitro benzene ring substituents is 1. The van der Waals surface area contributed by atoms with Crippen LogP contribution < -0.4 is 10.5 Å². The highest BCUT2D eigenvalue weighted by Crippen LogP contribution is 2.31. The van der Waals surface area contributed by atoms with Gasteiger partial charge in [0.1, 0.15) is 5.75 Å². The van der Waals surface area contributed by atoms with E-state index in [-0.39, 0.29) is 11.7 Å². The van der Waals surface area contributed by atoms with E-state index in [9.17, 15) is 10.1 Å². The SMILES string of the molecule is Cc1ccc([N+](=O)[O-])cc1Oc1ncccc1C(C)N. The number of aromatic nitrogens is 1. The maximum atomic E-state index is 10.8. The van der Waals surface area contributed by atoms with Crippen molar-refractivity contribution in [3.05, 3.63) is 57.8 Å². The van der Waals surface area contributed by atoms with Gasteiger partial charge in [-0.2, -0.15) is 0 Å². The van der Waals surface area contributed by atoms with Crippen LogP contribution in [0.4, 0.5) is 5.69 Å². The Labute approximate surface area is 116 Å². The molecule has 0 aliphatic heterocycles. The fourth-order valence-corrected chi connectivity index (χ4v) is 1.75. The van der Waals surface area contributed by atoms with Crippen LogP contribution in [-0.2, 0) is 0 Å². The smallest absolute Gasteiger partial charge is 0.273 e. The summed E-state index contributed by atoms with van der Waals surface area (Å²) in [5.74, 6) is 0.769. The van der Waals surface area contributed by atoms with Crippen LogP contribution in [0.1, 0.15) is 24.1 Å². The number of non-ortho nitro benzene ring substituents is 1. The molecule has 0 aliphatic carbocycles. The average molecular weight is 273 g/mol. The highest BCUT2D eigenvalue weighted by atomic mass is 16.6. The Balaban J connectivity index is 2.40.